The van der Waals surface area contributed by atoms with E-state index in [0.717, 1.165) is 30.3 Å². The molecule has 2 atom stereocenters. The molecule has 2 aromatic carbocycles. The number of amides is 1. The molecule has 1 aliphatic heterocycles. The van der Waals surface area contributed by atoms with E-state index in [1.165, 1.54) is 17.8 Å². The molecule has 2 unspecified atom stereocenters. The van der Waals surface area contributed by atoms with E-state index < -0.39 is 0 Å². The average Bonchev–Trinajstić information content (AvgIpc) is 3.06. The molecule has 154 valence electrons. The van der Waals surface area contributed by atoms with Crippen molar-refractivity contribution in [2.45, 2.75) is 42.5 Å². The van der Waals surface area contributed by atoms with Crippen LogP contribution in [-0.4, -0.2) is 24.5 Å². The standard InChI is InChI=1S/C22H23FN2O2S.ClH/c1-14-12-15(10-11-24-14)25-22(26)21-17(16-6-2-4-8-19(16)27-21)13-28-20-9-5-3-7-18(20)23;/h2-9,14-15,24H,10-13H2,1H3,(H,25,26);1H. The number of hydrogen-bond acceptors (Lipinski definition) is 4. The van der Waals surface area contributed by atoms with Gasteiger partial charge in [-0.2, -0.15) is 0 Å². The smallest absolute Gasteiger partial charge is 0.287 e. The van der Waals surface area contributed by atoms with Crippen molar-refractivity contribution in [2.75, 3.05) is 6.54 Å². The molecule has 7 heteroatoms. The molecule has 0 bridgehead atoms. The van der Waals surface area contributed by atoms with Crippen molar-refractivity contribution < 1.29 is 13.6 Å². The number of benzene rings is 2. The molecule has 4 rings (SSSR count). The summed E-state index contributed by atoms with van der Waals surface area (Å²) in [6.07, 6.45) is 1.79. The first-order valence-corrected chi connectivity index (χ1v) is 10.5. The Balaban J connectivity index is 0.00000240. The van der Waals surface area contributed by atoms with Crippen molar-refractivity contribution in [1.29, 1.82) is 0 Å². The third-order valence-corrected chi connectivity index (χ3v) is 6.15. The number of piperidine rings is 1. The Kier molecular flexibility index (Phi) is 7.22. The van der Waals surface area contributed by atoms with Crippen LogP contribution in [0.25, 0.3) is 11.0 Å². The van der Waals surface area contributed by atoms with Crippen LogP contribution >= 0.6 is 24.2 Å². The highest BCUT2D eigenvalue weighted by Gasteiger charge is 2.25. The second-order valence-corrected chi connectivity index (χ2v) is 8.19. The van der Waals surface area contributed by atoms with Gasteiger partial charge < -0.3 is 15.1 Å². The summed E-state index contributed by atoms with van der Waals surface area (Å²) in [6.45, 7) is 3.01. The van der Waals surface area contributed by atoms with E-state index in [9.17, 15) is 9.18 Å². The van der Waals surface area contributed by atoms with Gasteiger partial charge in [-0.1, -0.05) is 30.3 Å². The largest absolute Gasteiger partial charge is 0.451 e. The summed E-state index contributed by atoms with van der Waals surface area (Å²) < 4.78 is 19.9. The van der Waals surface area contributed by atoms with Gasteiger partial charge in [0.2, 0.25) is 0 Å². The second kappa shape index (κ2) is 9.65. The minimum absolute atomic E-state index is 0. The second-order valence-electron chi connectivity index (χ2n) is 7.17. The Hall–Kier alpha value is -2.02. The SMILES string of the molecule is CC1CC(NC(=O)c2oc3ccccc3c2CSc2ccccc2F)CCN1.Cl. The number of para-hydroxylation sites is 1. The predicted octanol–water partition coefficient (Wildman–Crippen LogP) is 5.16. The van der Waals surface area contributed by atoms with Gasteiger partial charge >= 0.3 is 0 Å². The third-order valence-electron chi connectivity index (χ3n) is 5.07. The van der Waals surface area contributed by atoms with E-state index in [1.54, 1.807) is 12.1 Å². The number of nitrogens with one attached hydrogen (secondary N) is 2. The van der Waals surface area contributed by atoms with Gasteiger partial charge in [0.15, 0.2) is 5.76 Å². The summed E-state index contributed by atoms with van der Waals surface area (Å²) in [4.78, 5) is 13.5. The first kappa shape index (κ1) is 21.7. The van der Waals surface area contributed by atoms with Gasteiger partial charge in [-0.3, -0.25) is 4.79 Å². The fraction of sp³-hybridized carbons (Fsp3) is 0.318. The number of rotatable bonds is 5. The van der Waals surface area contributed by atoms with E-state index >= 15 is 0 Å². The number of fused-ring (bicyclic) bond motifs is 1. The molecule has 1 aliphatic rings. The zero-order valence-corrected chi connectivity index (χ0v) is 17.7. The minimum atomic E-state index is -0.255. The van der Waals surface area contributed by atoms with E-state index in [0.29, 0.717) is 28.0 Å². The Morgan fingerprint density at radius 2 is 2.00 bits per heavy atom. The maximum Gasteiger partial charge on any atom is 0.287 e. The van der Waals surface area contributed by atoms with Crippen molar-refractivity contribution in [3.8, 4) is 0 Å². The number of halogens is 2. The van der Waals surface area contributed by atoms with Crippen LogP contribution in [-0.2, 0) is 5.75 Å². The van der Waals surface area contributed by atoms with Gasteiger partial charge in [-0.15, -0.1) is 24.2 Å². The van der Waals surface area contributed by atoms with Gasteiger partial charge in [0.1, 0.15) is 11.4 Å². The molecule has 1 amide bonds. The summed E-state index contributed by atoms with van der Waals surface area (Å²) in [5, 5.41) is 7.41. The van der Waals surface area contributed by atoms with Crippen LogP contribution in [0.5, 0.6) is 0 Å². The van der Waals surface area contributed by atoms with Crippen molar-refractivity contribution in [2.24, 2.45) is 0 Å². The topological polar surface area (TPSA) is 54.3 Å². The van der Waals surface area contributed by atoms with Gasteiger partial charge in [0.25, 0.3) is 5.91 Å². The zero-order valence-electron chi connectivity index (χ0n) is 16.1. The predicted molar refractivity (Wildman–Crippen MR) is 117 cm³/mol. The number of carbonyl (C=O) groups excluding carboxylic acids is 1. The van der Waals surface area contributed by atoms with Crippen LogP contribution < -0.4 is 10.6 Å². The van der Waals surface area contributed by atoms with E-state index in [2.05, 4.69) is 17.6 Å². The summed E-state index contributed by atoms with van der Waals surface area (Å²) in [7, 11) is 0. The molecule has 29 heavy (non-hydrogen) atoms. The molecular formula is C22H24ClFN2O2S. The summed E-state index contributed by atoms with van der Waals surface area (Å²) in [5.74, 6) is 0.342. The Labute approximate surface area is 180 Å². The number of hydrogen-bond donors (Lipinski definition) is 2. The number of furan rings is 1. The van der Waals surface area contributed by atoms with E-state index in [4.69, 9.17) is 4.42 Å². The van der Waals surface area contributed by atoms with E-state index in [1.807, 2.05) is 30.3 Å². The molecule has 0 aliphatic carbocycles. The van der Waals surface area contributed by atoms with Gasteiger partial charge in [-0.25, -0.2) is 4.39 Å². The third kappa shape index (κ3) is 4.94. The molecule has 2 N–H and O–H groups in total. The van der Waals surface area contributed by atoms with Crippen LogP contribution in [0.3, 0.4) is 0 Å². The normalized spacial score (nSPS) is 19.0. The van der Waals surface area contributed by atoms with Crippen LogP contribution in [0, 0.1) is 5.82 Å². The van der Waals surface area contributed by atoms with Crippen LogP contribution in [0.1, 0.15) is 35.9 Å². The lowest BCUT2D eigenvalue weighted by atomic mass is 10.0. The quantitative estimate of drug-likeness (QED) is 0.545. The summed E-state index contributed by atoms with van der Waals surface area (Å²) in [6, 6.07) is 14.8. The van der Waals surface area contributed by atoms with Crippen LogP contribution in [0.15, 0.2) is 57.8 Å². The lowest BCUT2D eigenvalue weighted by molar-refractivity contribution is 0.0898. The molecule has 0 spiro atoms. The molecular weight excluding hydrogens is 411 g/mol. The molecule has 1 fully saturated rings. The first-order chi connectivity index (χ1) is 13.6. The highest BCUT2D eigenvalue weighted by molar-refractivity contribution is 7.98. The monoisotopic (exact) mass is 434 g/mol. The lowest BCUT2D eigenvalue weighted by Gasteiger charge is -2.28. The lowest BCUT2D eigenvalue weighted by Crippen LogP contribution is -2.46. The van der Waals surface area contributed by atoms with Gasteiger partial charge in [0.05, 0.1) is 0 Å². The molecule has 2 heterocycles. The molecule has 0 radical (unpaired) electrons. The average molecular weight is 435 g/mol. The highest BCUT2D eigenvalue weighted by Crippen LogP contribution is 2.33. The molecule has 1 saturated heterocycles. The zero-order chi connectivity index (χ0) is 19.5. The molecule has 4 nitrogen and oxygen atoms in total. The van der Waals surface area contributed by atoms with Gasteiger partial charge in [-0.05, 0) is 44.5 Å². The Morgan fingerprint density at radius 3 is 2.79 bits per heavy atom. The van der Waals surface area contributed by atoms with Crippen molar-refractivity contribution in [3.63, 3.8) is 0 Å². The number of thioether (sulfide) groups is 1. The Bertz CT molecular complexity index is 994. The maximum absolute atomic E-state index is 14.0. The first-order valence-electron chi connectivity index (χ1n) is 9.54. The van der Waals surface area contributed by atoms with Crippen molar-refractivity contribution in [1.82, 2.24) is 10.6 Å². The fourth-order valence-electron chi connectivity index (χ4n) is 3.65. The van der Waals surface area contributed by atoms with Crippen LogP contribution in [0.2, 0.25) is 0 Å². The van der Waals surface area contributed by atoms with Gasteiger partial charge in [0, 0.05) is 33.7 Å². The van der Waals surface area contributed by atoms with Crippen molar-refractivity contribution in [3.05, 3.63) is 65.7 Å². The van der Waals surface area contributed by atoms with E-state index in [-0.39, 0.29) is 30.2 Å². The highest BCUT2D eigenvalue weighted by atomic mass is 35.5. The number of carbonyl (C=O) groups is 1. The summed E-state index contributed by atoms with van der Waals surface area (Å²) in [5.41, 5.74) is 1.48. The summed E-state index contributed by atoms with van der Waals surface area (Å²) >= 11 is 1.37. The molecule has 0 saturated carbocycles. The fourth-order valence-corrected chi connectivity index (χ4v) is 4.62. The molecule has 1 aromatic heterocycles. The van der Waals surface area contributed by atoms with Crippen molar-refractivity contribution >= 4 is 41.0 Å². The minimum Gasteiger partial charge on any atom is -0.451 e. The van der Waals surface area contributed by atoms with Crippen LogP contribution in [0.4, 0.5) is 4.39 Å². The maximum atomic E-state index is 14.0. The Morgan fingerprint density at radius 1 is 1.24 bits per heavy atom. The molecule has 3 aromatic rings.